The Morgan fingerprint density at radius 3 is 2.14 bits per heavy atom. The summed E-state index contributed by atoms with van der Waals surface area (Å²) in [6.45, 7) is 1.67. The van der Waals surface area contributed by atoms with Gasteiger partial charge < -0.3 is 14.8 Å². The van der Waals surface area contributed by atoms with Gasteiger partial charge in [-0.25, -0.2) is 26.3 Å². The van der Waals surface area contributed by atoms with E-state index in [4.69, 9.17) is 9.47 Å². The van der Waals surface area contributed by atoms with Crippen molar-refractivity contribution in [1.82, 2.24) is 0 Å². The number of alkyl halides is 7. The van der Waals surface area contributed by atoms with E-state index in [0.717, 1.165) is 33.1 Å². The van der Waals surface area contributed by atoms with E-state index in [9.17, 15) is 44.7 Å². The molecule has 0 fully saturated rings. The number of carbonyl (C=O) groups is 2. The van der Waals surface area contributed by atoms with Crippen molar-refractivity contribution in [3.63, 3.8) is 0 Å². The Hall–Kier alpha value is -4.23. The highest BCUT2D eigenvalue weighted by atomic mass is 19.4. The second kappa shape index (κ2) is 12.2. The van der Waals surface area contributed by atoms with Gasteiger partial charge in [0.25, 0.3) is 17.5 Å². The predicted molar refractivity (Wildman–Crippen MR) is 137 cm³/mol. The van der Waals surface area contributed by atoms with E-state index in [1.165, 1.54) is 18.2 Å². The number of carbonyl (C=O) groups excluding carboxylic acids is 2. The predicted octanol–water partition coefficient (Wildman–Crippen LogP) is 8.04. The maximum Gasteiger partial charge on any atom is 0.432 e. The molecule has 5 nitrogen and oxygen atoms in total. The summed E-state index contributed by atoms with van der Waals surface area (Å²) in [4.78, 5) is 26.0. The molecule has 0 spiro atoms. The molecule has 3 aromatic carbocycles. The van der Waals surface area contributed by atoms with Crippen LogP contribution < -0.4 is 14.8 Å². The number of hydrogen-bond acceptors (Lipinski definition) is 4. The molecule has 0 aliphatic heterocycles. The molecule has 1 amide bonds. The first-order valence-corrected chi connectivity index (χ1v) is 12.4. The minimum absolute atomic E-state index is 0.124. The Morgan fingerprint density at radius 2 is 1.60 bits per heavy atom. The molecule has 0 aromatic heterocycles. The highest BCUT2D eigenvalue weighted by Crippen LogP contribution is 2.53. The molecule has 2 unspecified atom stereocenters. The third-order valence-corrected chi connectivity index (χ3v) is 6.40. The first-order valence-electron chi connectivity index (χ1n) is 12.4. The number of methoxy groups -OCH3 is 1. The number of benzene rings is 3. The second-order valence-corrected chi connectivity index (χ2v) is 9.54. The van der Waals surface area contributed by atoms with Crippen molar-refractivity contribution in [3.8, 4) is 11.5 Å². The third-order valence-electron chi connectivity index (χ3n) is 6.40. The Kier molecular flexibility index (Phi) is 9.42. The SMILES string of the molecule is COc1c(NC(=O)c2ccc(F)cc2F)cccc1C(=O)Cc1c(C)cc(C(F)(C(C)(F)F)C(F)(F)F)cc1OC(C)F. The number of ether oxygens (including phenoxy) is 2. The molecule has 0 saturated carbocycles. The summed E-state index contributed by atoms with van der Waals surface area (Å²) in [7, 11) is 1.13. The maximum absolute atomic E-state index is 15.1. The topological polar surface area (TPSA) is 64.6 Å². The van der Waals surface area contributed by atoms with Crippen LogP contribution in [-0.2, 0) is 12.1 Å². The smallest absolute Gasteiger partial charge is 0.432 e. The monoisotopic (exact) mass is 621 g/mol. The van der Waals surface area contributed by atoms with Crippen molar-refractivity contribution in [2.24, 2.45) is 0 Å². The summed E-state index contributed by atoms with van der Waals surface area (Å²) >= 11 is 0. The van der Waals surface area contributed by atoms with Crippen molar-refractivity contribution in [2.75, 3.05) is 12.4 Å². The Morgan fingerprint density at radius 1 is 0.953 bits per heavy atom. The largest absolute Gasteiger partial charge is 0.494 e. The zero-order chi connectivity index (χ0) is 32.5. The van der Waals surface area contributed by atoms with Gasteiger partial charge in [-0.1, -0.05) is 12.1 Å². The molecular weight excluding hydrogens is 597 g/mol. The van der Waals surface area contributed by atoms with Gasteiger partial charge in [-0.2, -0.15) is 13.2 Å². The lowest BCUT2D eigenvalue weighted by molar-refractivity contribution is -0.304. The van der Waals surface area contributed by atoms with Gasteiger partial charge in [-0.3, -0.25) is 9.59 Å². The van der Waals surface area contributed by atoms with Crippen molar-refractivity contribution < 1.29 is 58.6 Å². The fourth-order valence-electron chi connectivity index (χ4n) is 4.35. The summed E-state index contributed by atoms with van der Waals surface area (Å²) in [6.07, 6.45) is -9.00. The highest BCUT2D eigenvalue weighted by Gasteiger charge is 2.70. The van der Waals surface area contributed by atoms with E-state index in [-0.39, 0.29) is 41.1 Å². The summed E-state index contributed by atoms with van der Waals surface area (Å²) in [5, 5.41) is 2.33. The molecule has 3 aromatic rings. The molecule has 0 aliphatic rings. The lowest BCUT2D eigenvalue weighted by Crippen LogP contribution is -2.51. The van der Waals surface area contributed by atoms with Gasteiger partial charge in [0.05, 0.1) is 23.9 Å². The standard InChI is InChI=1S/C29H24F9NO4/c1-14-10-16(28(35,27(3,33)34)29(36,37)38)11-24(43-15(2)30)20(14)13-23(40)19-6-5-7-22(25(19)42-4)39-26(41)18-9-8-17(31)12-21(18)32/h5-12,15H,13H2,1-4H3,(H,39,41). The van der Waals surface area contributed by atoms with Crippen LogP contribution in [0.3, 0.4) is 0 Å². The molecule has 3 rings (SSSR count). The number of Topliss-reactive ketones (excluding diaryl/α,β-unsaturated/α-hetero) is 1. The maximum atomic E-state index is 15.1. The number of hydrogen-bond donors (Lipinski definition) is 1. The van der Waals surface area contributed by atoms with E-state index in [2.05, 4.69) is 5.32 Å². The van der Waals surface area contributed by atoms with Gasteiger partial charge >= 0.3 is 6.18 Å². The van der Waals surface area contributed by atoms with Crippen LogP contribution in [0.1, 0.15) is 51.3 Å². The van der Waals surface area contributed by atoms with E-state index < -0.39 is 70.7 Å². The highest BCUT2D eigenvalue weighted by molar-refractivity contribution is 6.08. The van der Waals surface area contributed by atoms with E-state index in [1.807, 2.05) is 0 Å². The molecule has 0 heterocycles. The molecule has 43 heavy (non-hydrogen) atoms. The summed E-state index contributed by atoms with van der Waals surface area (Å²) in [5.41, 5.74) is -8.15. The van der Waals surface area contributed by atoms with Crippen LogP contribution in [0.4, 0.5) is 45.2 Å². The average Bonchev–Trinajstić information content (AvgIpc) is 2.87. The quantitative estimate of drug-likeness (QED) is 0.184. The molecule has 0 radical (unpaired) electrons. The van der Waals surface area contributed by atoms with Crippen LogP contribution in [0.5, 0.6) is 11.5 Å². The molecular formula is C29H24F9NO4. The number of ketones is 1. The Balaban J connectivity index is 2.05. The number of nitrogens with one attached hydrogen (secondary N) is 1. The van der Waals surface area contributed by atoms with Crippen molar-refractivity contribution >= 4 is 17.4 Å². The van der Waals surface area contributed by atoms with Gasteiger partial charge in [0.2, 0.25) is 6.36 Å². The molecule has 232 valence electrons. The van der Waals surface area contributed by atoms with E-state index in [0.29, 0.717) is 12.1 Å². The normalized spacial score (nSPS) is 14.1. The van der Waals surface area contributed by atoms with Gasteiger partial charge in [0, 0.05) is 37.5 Å². The average molecular weight is 621 g/mol. The van der Waals surface area contributed by atoms with Crippen molar-refractivity contribution in [3.05, 3.63) is 88.0 Å². The zero-order valence-corrected chi connectivity index (χ0v) is 22.9. The first kappa shape index (κ1) is 33.3. The van der Waals surface area contributed by atoms with Gasteiger partial charge in [-0.05, 0) is 42.8 Å². The summed E-state index contributed by atoms with van der Waals surface area (Å²) in [6, 6.07) is 6.79. The molecule has 0 saturated heterocycles. The van der Waals surface area contributed by atoms with Crippen molar-refractivity contribution in [2.45, 2.75) is 51.3 Å². The van der Waals surface area contributed by atoms with Crippen LogP contribution >= 0.6 is 0 Å². The van der Waals surface area contributed by atoms with Gasteiger partial charge in [0.1, 0.15) is 17.4 Å². The zero-order valence-electron chi connectivity index (χ0n) is 22.9. The number of aryl methyl sites for hydroxylation is 1. The minimum atomic E-state index is -6.08. The minimum Gasteiger partial charge on any atom is -0.494 e. The molecule has 2 atom stereocenters. The second-order valence-electron chi connectivity index (χ2n) is 9.54. The van der Waals surface area contributed by atoms with Crippen LogP contribution in [-0.4, -0.2) is 37.3 Å². The summed E-state index contributed by atoms with van der Waals surface area (Å²) in [5.74, 6) is -9.91. The molecule has 0 bridgehead atoms. The van der Waals surface area contributed by atoms with Crippen molar-refractivity contribution in [1.29, 1.82) is 0 Å². The molecule has 14 heteroatoms. The fraction of sp³-hybridized carbons (Fsp3) is 0.310. The van der Waals surface area contributed by atoms with Crippen LogP contribution in [0.15, 0.2) is 48.5 Å². The van der Waals surface area contributed by atoms with E-state index >= 15 is 4.39 Å². The summed E-state index contributed by atoms with van der Waals surface area (Å²) < 4.78 is 135. The van der Waals surface area contributed by atoms with Gasteiger partial charge in [0.15, 0.2) is 11.5 Å². The Bertz CT molecular complexity index is 1520. The van der Waals surface area contributed by atoms with Crippen LogP contribution in [0, 0.1) is 18.6 Å². The first-order chi connectivity index (χ1) is 19.8. The lowest BCUT2D eigenvalue weighted by atomic mass is 9.86. The van der Waals surface area contributed by atoms with Crippen LogP contribution in [0.25, 0.3) is 0 Å². The number of amides is 1. The number of para-hydroxylation sites is 1. The molecule has 0 aliphatic carbocycles. The van der Waals surface area contributed by atoms with Crippen LogP contribution in [0.2, 0.25) is 0 Å². The molecule has 1 N–H and O–H groups in total. The van der Waals surface area contributed by atoms with Gasteiger partial charge in [-0.15, -0.1) is 0 Å². The fourth-order valence-corrected chi connectivity index (χ4v) is 4.35. The number of halogens is 9. The third kappa shape index (κ3) is 6.73. The Labute approximate surface area is 239 Å². The number of rotatable bonds is 10. The number of anilines is 1. The lowest BCUT2D eigenvalue weighted by Gasteiger charge is -2.34. The van der Waals surface area contributed by atoms with E-state index in [1.54, 1.807) is 0 Å².